The van der Waals surface area contributed by atoms with Crippen molar-refractivity contribution in [2.45, 2.75) is 6.54 Å². The summed E-state index contributed by atoms with van der Waals surface area (Å²) < 4.78 is 7.08. The number of hydrogen-bond acceptors (Lipinski definition) is 5. The number of aromatic amines is 1. The minimum absolute atomic E-state index is 0.162. The Hall–Kier alpha value is -3.68. The molecule has 8 nitrogen and oxygen atoms in total. The number of methoxy groups -OCH3 is 1. The molecule has 26 heavy (non-hydrogen) atoms. The van der Waals surface area contributed by atoms with Gasteiger partial charge in [0.15, 0.2) is 5.82 Å². The predicted octanol–water partition coefficient (Wildman–Crippen LogP) is 2.47. The summed E-state index contributed by atoms with van der Waals surface area (Å²) in [4.78, 5) is 19.5. The van der Waals surface area contributed by atoms with Crippen LogP contribution in [0.2, 0.25) is 0 Å². The molecule has 0 aliphatic rings. The van der Waals surface area contributed by atoms with Crippen molar-refractivity contribution >= 4 is 22.8 Å². The molecule has 1 aromatic carbocycles. The van der Waals surface area contributed by atoms with E-state index in [1.165, 1.54) is 0 Å². The normalized spacial score (nSPS) is 10.8. The molecule has 0 saturated carbocycles. The van der Waals surface area contributed by atoms with E-state index in [4.69, 9.17) is 4.74 Å². The van der Waals surface area contributed by atoms with Crippen LogP contribution in [-0.2, 0) is 11.3 Å². The van der Waals surface area contributed by atoms with E-state index in [2.05, 4.69) is 25.5 Å². The lowest BCUT2D eigenvalue weighted by Gasteiger charge is -2.06. The molecule has 0 saturated heterocycles. The van der Waals surface area contributed by atoms with E-state index < -0.39 is 0 Å². The van der Waals surface area contributed by atoms with Crippen LogP contribution >= 0.6 is 0 Å². The number of hydrogen-bond donors (Lipinski definition) is 2. The first-order chi connectivity index (χ1) is 12.7. The monoisotopic (exact) mass is 348 g/mol. The molecule has 0 aliphatic carbocycles. The van der Waals surface area contributed by atoms with Gasteiger partial charge < -0.3 is 14.3 Å². The van der Waals surface area contributed by atoms with Crippen molar-refractivity contribution in [3.8, 4) is 17.3 Å². The van der Waals surface area contributed by atoms with Gasteiger partial charge in [0.25, 0.3) is 0 Å². The van der Waals surface area contributed by atoms with Crippen LogP contribution < -0.4 is 10.1 Å². The fourth-order valence-electron chi connectivity index (χ4n) is 2.71. The summed E-state index contributed by atoms with van der Waals surface area (Å²) in [7, 11) is 1.63. The highest BCUT2D eigenvalue weighted by Gasteiger charge is 2.11. The highest BCUT2D eigenvalue weighted by molar-refractivity contribution is 5.91. The molecule has 0 bridgehead atoms. The van der Waals surface area contributed by atoms with Gasteiger partial charge in [-0.1, -0.05) is 6.07 Å². The van der Waals surface area contributed by atoms with Gasteiger partial charge >= 0.3 is 0 Å². The van der Waals surface area contributed by atoms with Crippen LogP contribution in [0.15, 0.2) is 54.9 Å². The van der Waals surface area contributed by atoms with Crippen LogP contribution in [0.25, 0.3) is 22.4 Å². The number of aromatic nitrogens is 5. The summed E-state index contributed by atoms with van der Waals surface area (Å²) in [6, 6.07) is 13.2. The first-order valence-corrected chi connectivity index (χ1v) is 8.00. The van der Waals surface area contributed by atoms with E-state index in [1.807, 2.05) is 53.2 Å². The number of carbonyl (C=O) groups excluding carboxylic acids is 1. The summed E-state index contributed by atoms with van der Waals surface area (Å²) in [5, 5.41) is 11.7. The van der Waals surface area contributed by atoms with Gasteiger partial charge in [-0.25, -0.2) is 0 Å². The second kappa shape index (κ2) is 6.67. The number of amides is 1. The van der Waals surface area contributed by atoms with Crippen molar-refractivity contribution in [1.29, 1.82) is 0 Å². The average Bonchev–Trinajstić information content (AvgIpc) is 3.29. The van der Waals surface area contributed by atoms with Gasteiger partial charge in [-0.05, 0) is 36.4 Å². The maximum atomic E-state index is 12.3. The van der Waals surface area contributed by atoms with Crippen molar-refractivity contribution in [2.75, 3.05) is 12.4 Å². The highest BCUT2D eigenvalue weighted by Crippen LogP contribution is 2.21. The van der Waals surface area contributed by atoms with Gasteiger partial charge in [-0.15, -0.1) is 10.2 Å². The number of nitrogens with one attached hydrogen (secondary N) is 2. The van der Waals surface area contributed by atoms with Gasteiger partial charge in [-0.2, -0.15) is 0 Å². The quantitative estimate of drug-likeness (QED) is 0.577. The molecule has 0 aliphatic heterocycles. The van der Waals surface area contributed by atoms with Crippen molar-refractivity contribution in [3.05, 3.63) is 54.9 Å². The van der Waals surface area contributed by atoms with E-state index in [9.17, 15) is 4.79 Å². The van der Waals surface area contributed by atoms with Crippen LogP contribution in [0.5, 0.6) is 5.75 Å². The molecule has 8 heteroatoms. The third-order valence-electron chi connectivity index (χ3n) is 3.94. The summed E-state index contributed by atoms with van der Waals surface area (Å²) in [6.45, 7) is 0.162. The summed E-state index contributed by atoms with van der Waals surface area (Å²) in [5.41, 5.74) is 1.61. The molecular formula is C18H16N6O2. The average molecular weight is 348 g/mol. The summed E-state index contributed by atoms with van der Waals surface area (Å²) in [6.07, 6.45) is 3.53. The molecule has 2 N–H and O–H groups in total. The second-order valence-corrected chi connectivity index (χ2v) is 5.65. The van der Waals surface area contributed by atoms with Crippen molar-refractivity contribution in [2.24, 2.45) is 0 Å². The van der Waals surface area contributed by atoms with Crippen LogP contribution in [0.1, 0.15) is 0 Å². The fourth-order valence-corrected chi connectivity index (χ4v) is 2.71. The number of H-pyrrole nitrogens is 1. The van der Waals surface area contributed by atoms with Crippen molar-refractivity contribution in [3.63, 3.8) is 0 Å². The lowest BCUT2D eigenvalue weighted by molar-refractivity contribution is -0.116. The molecule has 4 aromatic rings. The molecule has 0 atom stereocenters. The minimum atomic E-state index is -0.206. The minimum Gasteiger partial charge on any atom is -0.497 e. The van der Waals surface area contributed by atoms with E-state index >= 15 is 0 Å². The number of rotatable bonds is 5. The Labute approximate surface area is 148 Å². The Kier molecular flexibility index (Phi) is 4.06. The third-order valence-corrected chi connectivity index (χ3v) is 3.94. The van der Waals surface area contributed by atoms with Gasteiger partial charge in [0.05, 0.1) is 7.11 Å². The highest BCUT2D eigenvalue weighted by atomic mass is 16.5. The second-order valence-electron chi connectivity index (χ2n) is 5.65. The van der Waals surface area contributed by atoms with Gasteiger partial charge in [-0.3, -0.25) is 15.1 Å². The predicted molar refractivity (Wildman–Crippen MR) is 96.7 cm³/mol. The van der Waals surface area contributed by atoms with E-state index in [0.717, 1.165) is 16.7 Å². The SMILES string of the molecule is COc1ccc2c(ccn2CC(=O)Nc2nnc(-c3ccccn3)[nH]2)c1. The number of anilines is 1. The number of pyridine rings is 1. The third kappa shape index (κ3) is 3.12. The molecule has 3 aromatic heterocycles. The Morgan fingerprint density at radius 1 is 1.23 bits per heavy atom. The molecule has 4 rings (SSSR count). The molecule has 0 fully saturated rings. The Bertz CT molecular complexity index is 1050. The van der Waals surface area contributed by atoms with E-state index in [0.29, 0.717) is 11.5 Å². The lowest BCUT2D eigenvalue weighted by atomic mass is 10.2. The number of nitrogens with zero attached hydrogens (tertiary/aromatic N) is 4. The van der Waals surface area contributed by atoms with Crippen LogP contribution in [-0.4, -0.2) is 37.7 Å². The maximum Gasteiger partial charge on any atom is 0.246 e. The first-order valence-electron chi connectivity index (χ1n) is 8.00. The number of carbonyl (C=O) groups is 1. The molecule has 3 heterocycles. The van der Waals surface area contributed by atoms with Crippen LogP contribution in [0.3, 0.4) is 0 Å². The standard InChI is InChI=1S/C18H16N6O2/c1-26-13-5-6-15-12(10-13)7-9-24(15)11-16(25)20-18-21-17(22-23-18)14-4-2-3-8-19-14/h2-10H,11H2,1H3,(H2,20,21,22,23,25). The number of benzene rings is 1. The number of ether oxygens (including phenoxy) is 1. The summed E-state index contributed by atoms with van der Waals surface area (Å²) in [5.74, 6) is 1.36. The van der Waals surface area contributed by atoms with Crippen LogP contribution in [0, 0.1) is 0 Å². The van der Waals surface area contributed by atoms with E-state index in [1.54, 1.807) is 13.3 Å². The van der Waals surface area contributed by atoms with Gasteiger partial charge in [0.2, 0.25) is 11.9 Å². The van der Waals surface area contributed by atoms with Gasteiger partial charge in [0, 0.05) is 23.3 Å². The van der Waals surface area contributed by atoms with Crippen molar-refractivity contribution < 1.29 is 9.53 Å². The fraction of sp³-hybridized carbons (Fsp3) is 0.111. The molecule has 130 valence electrons. The first kappa shape index (κ1) is 15.8. The smallest absolute Gasteiger partial charge is 0.246 e. The Morgan fingerprint density at radius 3 is 2.96 bits per heavy atom. The van der Waals surface area contributed by atoms with E-state index in [-0.39, 0.29) is 18.4 Å². The Balaban J connectivity index is 1.47. The van der Waals surface area contributed by atoms with Crippen molar-refractivity contribution in [1.82, 2.24) is 24.7 Å². The molecular weight excluding hydrogens is 332 g/mol. The molecule has 0 unspecified atom stereocenters. The summed E-state index contributed by atoms with van der Waals surface area (Å²) >= 11 is 0. The topological polar surface area (TPSA) is 97.7 Å². The zero-order valence-corrected chi connectivity index (χ0v) is 14.0. The molecule has 0 radical (unpaired) electrons. The lowest BCUT2D eigenvalue weighted by Crippen LogP contribution is -2.19. The number of fused-ring (bicyclic) bond motifs is 1. The van der Waals surface area contributed by atoms with Gasteiger partial charge in [0.1, 0.15) is 18.0 Å². The zero-order chi connectivity index (χ0) is 17.9. The molecule has 1 amide bonds. The zero-order valence-electron chi connectivity index (χ0n) is 14.0. The molecule has 0 spiro atoms. The maximum absolute atomic E-state index is 12.3. The Morgan fingerprint density at radius 2 is 2.15 bits per heavy atom. The van der Waals surface area contributed by atoms with Crippen LogP contribution in [0.4, 0.5) is 5.95 Å². The largest absolute Gasteiger partial charge is 0.497 e.